The number of hydrogen-bond acceptors (Lipinski definition) is 3. The number of nitrogens with zero attached hydrogens (tertiary/aromatic N) is 2. The summed E-state index contributed by atoms with van der Waals surface area (Å²) in [5.41, 5.74) is 0.801. The zero-order valence-corrected chi connectivity index (χ0v) is 17.8. The molecule has 1 saturated heterocycles. The molecule has 2 aromatic rings. The zero-order chi connectivity index (χ0) is 20.5. The van der Waals surface area contributed by atoms with Gasteiger partial charge in [0.25, 0.3) is 5.56 Å². The van der Waals surface area contributed by atoms with E-state index in [0.29, 0.717) is 17.7 Å². The fourth-order valence-electron chi connectivity index (χ4n) is 6.10. The molecule has 5 rings (SSSR count). The van der Waals surface area contributed by atoms with E-state index in [4.69, 9.17) is 0 Å². The highest BCUT2D eigenvalue weighted by molar-refractivity contribution is 6.01. The lowest BCUT2D eigenvalue weighted by atomic mass is 9.86. The van der Waals surface area contributed by atoms with Crippen molar-refractivity contribution in [3.8, 4) is 0 Å². The fourth-order valence-corrected chi connectivity index (χ4v) is 6.10. The van der Waals surface area contributed by atoms with Gasteiger partial charge >= 0.3 is 0 Å². The zero-order valence-electron chi connectivity index (χ0n) is 17.8. The summed E-state index contributed by atoms with van der Waals surface area (Å²) >= 11 is 0. The van der Waals surface area contributed by atoms with Gasteiger partial charge < -0.3 is 14.8 Å². The number of likely N-dealkylation sites (tertiary alicyclic amines) is 1. The molecule has 2 aliphatic carbocycles. The van der Waals surface area contributed by atoms with Gasteiger partial charge in [-0.25, -0.2) is 0 Å². The second-order valence-electron chi connectivity index (χ2n) is 9.67. The number of rotatable bonds is 6. The summed E-state index contributed by atoms with van der Waals surface area (Å²) in [7, 11) is 0. The number of benzene rings is 1. The monoisotopic (exact) mass is 407 g/mol. The number of anilines is 1. The maximum atomic E-state index is 13.0. The van der Waals surface area contributed by atoms with Crippen LogP contribution in [-0.2, 0) is 11.3 Å². The number of nitrogens with one attached hydrogen (secondary N) is 1. The summed E-state index contributed by atoms with van der Waals surface area (Å²) in [5, 5.41) is 4.64. The molecule has 2 saturated carbocycles. The number of carbonyl (C=O) groups is 1. The van der Waals surface area contributed by atoms with Crippen LogP contribution in [0.2, 0.25) is 0 Å². The molecular weight excluding hydrogens is 374 g/mol. The Labute approximate surface area is 178 Å². The quantitative estimate of drug-likeness (QED) is 0.779. The number of carbonyl (C=O) groups excluding carboxylic acids is 1. The normalized spacial score (nSPS) is 26.3. The molecule has 1 unspecified atom stereocenters. The molecule has 1 amide bonds. The van der Waals surface area contributed by atoms with Crippen molar-refractivity contribution in [1.29, 1.82) is 0 Å². The van der Waals surface area contributed by atoms with E-state index in [1.165, 1.54) is 44.9 Å². The number of pyridine rings is 1. The Kier molecular flexibility index (Phi) is 5.64. The van der Waals surface area contributed by atoms with Crippen molar-refractivity contribution in [3.05, 3.63) is 40.8 Å². The molecule has 3 atom stereocenters. The van der Waals surface area contributed by atoms with Crippen LogP contribution in [0.5, 0.6) is 0 Å². The largest absolute Gasteiger partial charge is 0.326 e. The second-order valence-corrected chi connectivity index (χ2v) is 9.67. The average Bonchev–Trinajstić information content (AvgIpc) is 3.38. The first-order valence-electron chi connectivity index (χ1n) is 11.8. The predicted molar refractivity (Wildman–Crippen MR) is 121 cm³/mol. The van der Waals surface area contributed by atoms with Crippen LogP contribution < -0.4 is 10.9 Å². The van der Waals surface area contributed by atoms with E-state index in [9.17, 15) is 9.59 Å². The Balaban J connectivity index is 1.28. The molecular formula is C25H33N3O2. The number of aromatic nitrogens is 1. The number of hydrogen-bond donors (Lipinski definition) is 1. The maximum absolute atomic E-state index is 13.0. The number of fused-ring (bicyclic) bond motifs is 3. The van der Waals surface area contributed by atoms with Gasteiger partial charge in [0.2, 0.25) is 5.91 Å². The van der Waals surface area contributed by atoms with Crippen molar-refractivity contribution in [1.82, 2.24) is 9.47 Å². The Bertz CT molecular complexity index is 976. The van der Waals surface area contributed by atoms with E-state index in [0.717, 1.165) is 49.1 Å². The van der Waals surface area contributed by atoms with Crippen molar-refractivity contribution in [3.63, 3.8) is 0 Å². The van der Waals surface area contributed by atoms with Gasteiger partial charge in [0.15, 0.2) is 0 Å². The SMILES string of the molecule is O=C(CC1C[C@H]2CC[C@@H]1C2)Nc1cccc2c(=O)n(CCN3CCCCC3)ccc12. The van der Waals surface area contributed by atoms with Crippen LogP contribution in [0.4, 0.5) is 5.69 Å². The molecule has 1 aromatic carbocycles. The van der Waals surface area contributed by atoms with Crippen LogP contribution >= 0.6 is 0 Å². The number of amides is 1. The van der Waals surface area contributed by atoms with E-state index in [2.05, 4.69) is 10.2 Å². The Hall–Kier alpha value is -2.14. The van der Waals surface area contributed by atoms with Crippen LogP contribution in [0.25, 0.3) is 10.8 Å². The van der Waals surface area contributed by atoms with Crippen molar-refractivity contribution in [2.45, 2.75) is 57.9 Å². The van der Waals surface area contributed by atoms with Crippen molar-refractivity contribution in [2.24, 2.45) is 17.8 Å². The molecule has 3 fully saturated rings. The first-order chi connectivity index (χ1) is 14.7. The van der Waals surface area contributed by atoms with Crippen LogP contribution in [0.1, 0.15) is 51.4 Å². The Morgan fingerprint density at radius 3 is 2.63 bits per heavy atom. The molecule has 30 heavy (non-hydrogen) atoms. The predicted octanol–water partition coefficient (Wildman–Crippen LogP) is 4.25. The minimum absolute atomic E-state index is 0.0358. The lowest BCUT2D eigenvalue weighted by molar-refractivity contribution is -0.117. The van der Waals surface area contributed by atoms with Gasteiger partial charge in [-0.2, -0.15) is 0 Å². The summed E-state index contributed by atoms with van der Waals surface area (Å²) in [6.45, 7) is 3.92. The molecule has 1 aromatic heterocycles. The van der Waals surface area contributed by atoms with Gasteiger partial charge in [0, 0.05) is 42.2 Å². The molecule has 0 radical (unpaired) electrons. The highest BCUT2D eigenvalue weighted by atomic mass is 16.1. The van der Waals surface area contributed by atoms with Crippen LogP contribution in [-0.4, -0.2) is 35.0 Å². The Morgan fingerprint density at radius 1 is 1.00 bits per heavy atom. The highest BCUT2D eigenvalue weighted by Gasteiger charge is 2.40. The third-order valence-electron chi connectivity index (χ3n) is 7.73. The molecule has 0 spiro atoms. The van der Waals surface area contributed by atoms with Gasteiger partial charge in [0.05, 0.1) is 0 Å². The van der Waals surface area contributed by atoms with Crippen LogP contribution in [0, 0.1) is 17.8 Å². The molecule has 2 heterocycles. The molecule has 1 N–H and O–H groups in total. The molecule has 160 valence electrons. The second kappa shape index (κ2) is 8.54. The van der Waals surface area contributed by atoms with Gasteiger partial charge in [-0.15, -0.1) is 0 Å². The smallest absolute Gasteiger partial charge is 0.258 e. The summed E-state index contributed by atoms with van der Waals surface area (Å²) in [6, 6.07) is 7.66. The van der Waals surface area contributed by atoms with Crippen molar-refractivity contribution < 1.29 is 4.79 Å². The standard InChI is InChI=1S/C25H33N3O2/c29-24(17-20-16-18-7-8-19(20)15-18)26-23-6-4-5-22-21(23)9-12-28(25(22)30)14-13-27-10-2-1-3-11-27/h4-6,9,12,18-20H,1-3,7-8,10-11,13-17H2,(H,26,29)/t18-,19+,20?/m0/s1. The van der Waals surface area contributed by atoms with Crippen LogP contribution in [0.3, 0.4) is 0 Å². The van der Waals surface area contributed by atoms with Crippen molar-refractivity contribution in [2.75, 3.05) is 25.0 Å². The van der Waals surface area contributed by atoms with Crippen molar-refractivity contribution >= 4 is 22.4 Å². The minimum atomic E-state index is 0.0358. The van der Waals surface area contributed by atoms with Gasteiger partial charge in [-0.3, -0.25) is 9.59 Å². The van der Waals surface area contributed by atoms with E-state index < -0.39 is 0 Å². The van der Waals surface area contributed by atoms with Gasteiger partial charge in [-0.1, -0.05) is 18.9 Å². The highest BCUT2D eigenvalue weighted by Crippen LogP contribution is 2.49. The maximum Gasteiger partial charge on any atom is 0.258 e. The lowest BCUT2D eigenvalue weighted by Crippen LogP contribution is -2.34. The summed E-state index contributed by atoms with van der Waals surface area (Å²) in [4.78, 5) is 28.2. The first kappa shape index (κ1) is 19.8. The molecule has 5 nitrogen and oxygen atoms in total. The molecule has 2 bridgehead atoms. The third-order valence-corrected chi connectivity index (χ3v) is 7.73. The topological polar surface area (TPSA) is 54.3 Å². The summed E-state index contributed by atoms with van der Waals surface area (Å²) in [6.07, 6.45) is 11.5. The fraction of sp³-hybridized carbons (Fsp3) is 0.600. The summed E-state index contributed by atoms with van der Waals surface area (Å²) in [5.74, 6) is 2.24. The van der Waals surface area contributed by atoms with Crippen LogP contribution in [0.15, 0.2) is 35.3 Å². The summed E-state index contributed by atoms with van der Waals surface area (Å²) < 4.78 is 1.82. The van der Waals surface area contributed by atoms with E-state index in [-0.39, 0.29) is 11.5 Å². The molecule has 3 aliphatic rings. The van der Waals surface area contributed by atoms with Gasteiger partial charge in [-0.05, 0) is 81.1 Å². The van der Waals surface area contributed by atoms with E-state index >= 15 is 0 Å². The molecule has 1 aliphatic heterocycles. The van der Waals surface area contributed by atoms with E-state index in [1.807, 2.05) is 35.0 Å². The van der Waals surface area contributed by atoms with Gasteiger partial charge in [0.1, 0.15) is 0 Å². The first-order valence-corrected chi connectivity index (χ1v) is 11.8. The average molecular weight is 408 g/mol. The molecule has 5 heteroatoms. The Morgan fingerprint density at radius 2 is 1.87 bits per heavy atom. The third kappa shape index (κ3) is 4.04. The lowest BCUT2D eigenvalue weighted by Gasteiger charge is -2.26. The minimum Gasteiger partial charge on any atom is -0.326 e. The van der Waals surface area contributed by atoms with E-state index in [1.54, 1.807) is 0 Å². The number of piperidine rings is 1.